The molecule has 0 N–H and O–H groups in total. The highest BCUT2D eigenvalue weighted by Gasteiger charge is 2.62. The molecule has 2 aliphatic rings. The van der Waals surface area contributed by atoms with E-state index in [4.69, 9.17) is 4.74 Å². The van der Waals surface area contributed by atoms with Crippen molar-refractivity contribution in [1.82, 2.24) is 4.90 Å². The molecule has 1 amide bonds. The van der Waals surface area contributed by atoms with Crippen LogP contribution in [-0.2, 0) is 10.4 Å². The van der Waals surface area contributed by atoms with Gasteiger partial charge in [0, 0.05) is 18.5 Å². The third-order valence-electron chi connectivity index (χ3n) is 4.36. The van der Waals surface area contributed by atoms with Gasteiger partial charge in [-0.3, -0.25) is 0 Å². The van der Waals surface area contributed by atoms with Gasteiger partial charge in [-0.15, -0.1) is 0 Å². The van der Waals surface area contributed by atoms with Gasteiger partial charge in [-0.2, -0.15) is 0 Å². The third kappa shape index (κ3) is 3.70. The number of ether oxygens (including phenoxy) is 1. The highest BCUT2D eigenvalue weighted by molar-refractivity contribution is 5.69. The van der Waals surface area contributed by atoms with E-state index >= 15 is 0 Å². The standard InChI is InChI=1S/C17H21F2NO2.C2H6/c1-15(2,3)22-14(21)20-10-16(11-20)8-17(19,9-16)12-5-4-6-13(18)7-12;1-2/h4-7H,8-11H2,1-3H3;1-2H3. The molecule has 1 aromatic rings. The summed E-state index contributed by atoms with van der Waals surface area (Å²) in [5, 5.41) is 0. The molecule has 24 heavy (non-hydrogen) atoms. The molecule has 5 heteroatoms. The molecule has 1 saturated carbocycles. The largest absolute Gasteiger partial charge is 0.444 e. The van der Waals surface area contributed by atoms with Crippen LogP contribution in [0.3, 0.4) is 0 Å². The van der Waals surface area contributed by atoms with Gasteiger partial charge >= 0.3 is 6.09 Å². The van der Waals surface area contributed by atoms with Crippen LogP contribution in [0.1, 0.15) is 53.0 Å². The van der Waals surface area contributed by atoms with E-state index in [0.717, 1.165) is 0 Å². The van der Waals surface area contributed by atoms with E-state index in [9.17, 15) is 13.6 Å². The Hall–Kier alpha value is -1.65. The fourth-order valence-corrected chi connectivity index (χ4v) is 3.55. The van der Waals surface area contributed by atoms with Gasteiger partial charge < -0.3 is 9.64 Å². The van der Waals surface area contributed by atoms with Gasteiger partial charge in [-0.05, 0) is 51.3 Å². The van der Waals surface area contributed by atoms with Crippen LogP contribution in [0.2, 0.25) is 0 Å². The molecule has 1 heterocycles. The fourth-order valence-electron chi connectivity index (χ4n) is 3.55. The minimum atomic E-state index is -1.47. The molecule has 1 spiro atoms. The smallest absolute Gasteiger partial charge is 0.410 e. The van der Waals surface area contributed by atoms with Crippen molar-refractivity contribution >= 4 is 6.09 Å². The lowest BCUT2D eigenvalue weighted by Crippen LogP contribution is -2.67. The molecule has 1 aromatic carbocycles. The highest BCUT2D eigenvalue weighted by atomic mass is 19.1. The predicted octanol–water partition coefficient (Wildman–Crippen LogP) is 5.05. The van der Waals surface area contributed by atoms with E-state index in [1.165, 1.54) is 18.2 Å². The summed E-state index contributed by atoms with van der Waals surface area (Å²) in [5.74, 6) is -0.417. The second-order valence-corrected chi connectivity index (χ2v) is 7.67. The second kappa shape index (κ2) is 6.34. The van der Waals surface area contributed by atoms with Crippen molar-refractivity contribution in [3.63, 3.8) is 0 Å². The number of alkyl halides is 1. The van der Waals surface area contributed by atoms with Crippen LogP contribution in [-0.4, -0.2) is 29.7 Å². The van der Waals surface area contributed by atoms with Crippen molar-refractivity contribution in [3.05, 3.63) is 35.6 Å². The first-order valence-corrected chi connectivity index (χ1v) is 8.54. The topological polar surface area (TPSA) is 29.5 Å². The summed E-state index contributed by atoms with van der Waals surface area (Å²) in [6.07, 6.45) is 0.325. The van der Waals surface area contributed by atoms with Crippen LogP contribution >= 0.6 is 0 Å². The van der Waals surface area contributed by atoms with Gasteiger partial charge in [-0.1, -0.05) is 26.0 Å². The molecule has 3 nitrogen and oxygen atoms in total. The average Bonchev–Trinajstić information content (AvgIpc) is 2.41. The first kappa shape index (κ1) is 18.7. The summed E-state index contributed by atoms with van der Waals surface area (Å²) in [6.45, 7) is 10.5. The third-order valence-corrected chi connectivity index (χ3v) is 4.36. The zero-order valence-corrected chi connectivity index (χ0v) is 15.2. The molecule has 0 atom stereocenters. The van der Waals surface area contributed by atoms with Crippen LogP contribution in [0, 0.1) is 11.2 Å². The Morgan fingerprint density at radius 1 is 1.21 bits per heavy atom. The Labute approximate surface area is 143 Å². The number of carbonyl (C=O) groups excluding carboxylic acids is 1. The van der Waals surface area contributed by atoms with Gasteiger partial charge in [-0.25, -0.2) is 13.6 Å². The Morgan fingerprint density at radius 2 is 1.79 bits per heavy atom. The van der Waals surface area contributed by atoms with Crippen molar-refractivity contribution in [1.29, 1.82) is 0 Å². The molecule has 1 saturated heterocycles. The van der Waals surface area contributed by atoms with Gasteiger partial charge in [0.25, 0.3) is 0 Å². The quantitative estimate of drug-likeness (QED) is 0.717. The SMILES string of the molecule is CC.CC(C)(C)OC(=O)N1CC2(C1)CC(F)(c1cccc(F)c1)C2. The van der Waals surface area contributed by atoms with E-state index in [2.05, 4.69) is 0 Å². The molecule has 2 fully saturated rings. The predicted molar refractivity (Wildman–Crippen MR) is 90.0 cm³/mol. The van der Waals surface area contributed by atoms with Gasteiger partial charge in [0.1, 0.15) is 17.1 Å². The summed E-state index contributed by atoms with van der Waals surface area (Å²) in [5.41, 5.74) is -1.76. The average molecular weight is 339 g/mol. The number of benzene rings is 1. The normalized spacial score (nSPS) is 20.4. The van der Waals surface area contributed by atoms with E-state index < -0.39 is 17.1 Å². The monoisotopic (exact) mass is 339 g/mol. The summed E-state index contributed by atoms with van der Waals surface area (Å²) in [7, 11) is 0. The first-order valence-electron chi connectivity index (χ1n) is 8.54. The van der Waals surface area contributed by atoms with Crippen molar-refractivity contribution < 1.29 is 18.3 Å². The Kier molecular flexibility index (Phi) is 4.93. The van der Waals surface area contributed by atoms with Gasteiger partial charge in [0.15, 0.2) is 0 Å². The number of amides is 1. The molecular formula is C19H27F2NO2. The first-order chi connectivity index (χ1) is 11.1. The zero-order chi connectivity index (χ0) is 18.2. The van der Waals surface area contributed by atoms with Crippen molar-refractivity contribution in [2.45, 2.75) is 58.7 Å². The number of likely N-dealkylation sites (tertiary alicyclic amines) is 1. The van der Waals surface area contributed by atoms with Crippen LogP contribution in [0.5, 0.6) is 0 Å². The summed E-state index contributed by atoms with van der Waals surface area (Å²) < 4.78 is 33.4. The number of rotatable bonds is 1. The van der Waals surface area contributed by atoms with Crippen LogP contribution in [0.25, 0.3) is 0 Å². The number of carbonyl (C=O) groups is 1. The molecule has 0 unspecified atom stereocenters. The van der Waals surface area contributed by atoms with Crippen LogP contribution in [0.15, 0.2) is 24.3 Å². The molecule has 0 radical (unpaired) electrons. The molecule has 0 aromatic heterocycles. The van der Waals surface area contributed by atoms with E-state index in [1.807, 2.05) is 34.6 Å². The summed E-state index contributed by atoms with van der Waals surface area (Å²) in [4.78, 5) is 13.5. The van der Waals surface area contributed by atoms with E-state index in [-0.39, 0.29) is 11.5 Å². The molecule has 1 aliphatic heterocycles. The Balaban J connectivity index is 0.00000100. The Bertz CT molecular complexity index is 596. The lowest BCUT2D eigenvalue weighted by atomic mass is 9.54. The maximum Gasteiger partial charge on any atom is 0.410 e. The van der Waals surface area contributed by atoms with Crippen LogP contribution < -0.4 is 0 Å². The van der Waals surface area contributed by atoms with E-state index in [0.29, 0.717) is 31.5 Å². The fraction of sp³-hybridized carbons (Fsp3) is 0.632. The van der Waals surface area contributed by atoms with E-state index in [1.54, 1.807) is 11.0 Å². The summed E-state index contributed by atoms with van der Waals surface area (Å²) in [6, 6.07) is 5.73. The lowest BCUT2D eigenvalue weighted by Gasteiger charge is -2.61. The number of hydrogen-bond donors (Lipinski definition) is 0. The molecule has 1 aliphatic carbocycles. The zero-order valence-electron chi connectivity index (χ0n) is 15.2. The maximum absolute atomic E-state index is 14.8. The highest BCUT2D eigenvalue weighted by Crippen LogP contribution is 2.60. The maximum atomic E-state index is 14.8. The minimum Gasteiger partial charge on any atom is -0.444 e. The van der Waals surface area contributed by atoms with Gasteiger partial charge in [0.05, 0.1) is 0 Å². The Morgan fingerprint density at radius 3 is 2.29 bits per heavy atom. The number of hydrogen-bond acceptors (Lipinski definition) is 2. The second-order valence-electron chi connectivity index (χ2n) is 7.67. The van der Waals surface area contributed by atoms with Gasteiger partial charge in [0.2, 0.25) is 0 Å². The van der Waals surface area contributed by atoms with Crippen molar-refractivity contribution in [3.8, 4) is 0 Å². The molecule has 3 rings (SSSR count). The lowest BCUT2D eigenvalue weighted by molar-refractivity contribution is -0.153. The molecule has 134 valence electrons. The minimum absolute atomic E-state index is 0.169. The molecular weight excluding hydrogens is 312 g/mol. The molecule has 0 bridgehead atoms. The number of nitrogens with zero attached hydrogens (tertiary/aromatic N) is 1. The van der Waals surface area contributed by atoms with Crippen molar-refractivity contribution in [2.24, 2.45) is 5.41 Å². The van der Waals surface area contributed by atoms with Crippen LogP contribution in [0.4, 0.5) is 13.6 Å². The summed E-state index contributed by atoms with van der Waals surface area (Å²) >= 11 is 0. The number of halogens is 2. The van der Waals surface area contributed by atoms with Crippen molar-refractivity contribution in [2.75, 3.05) is 13.1 Å².